The Labute approximate surface area is 147 Å². The molecule has 1 atom stereocenters. The predicted molar refractivity (Wildman–Crippen MR) is 87.9 cm³/mol. The number of aryl methyl sites for hydroxylation is 1. The zero-order valence-corrected chi connectivity index (χ0v) is 14.0. The van der Waals surface area contributed by atoms with E-state index in [2.05, 4.69) is 25.8 Å². The molecular formula is C17H16F2N6O. The lowest BCUT2D eigenvalue weighted by Gasteiger charge is -2.22. The van der Waals surface area contributed by atoms with E-state index >= 15 is 0 Å². The van der Waals surface area contributed by atoms with Crippen LogP contribution in [0, 0.1) is 18.6 Å². The van der Waals surface area contributed by atoms with Crippen LogP contribution >= 0.6 is 0 Å². The topological polar surface area (TPSA) is 88.5 Å². The number of halogens is 2. The van der Waals surface area contributed by atoms with E-state index in [0.29, 0.717) is 17.8 Å². The van der Waals surface area contributed by atoms with E-state index in [1.807, 2.05) is 0 Å². The number of aromatic amines is 1. The molecule has 1 aromatic carbocycles. The van der Waals surface area contributed by atoms with Gasteiger partial charge in [0.1, 0.15) is 0 Å². The first-order valence-corrected chi connectivity index (χ1v) is 8.22. The minimum atomic E-state index is -0.985. The Kier molecular flexibility index (Phi) is 3.98. The van der Waals surface area contributed by atoms with Crippen molar-refractivity contribution >= 4 is 5.91 Å². The van der Waals surface area contributed by atoms with E-state index in [1.165, 1.54) is 10.7 Å². The number of nitrogens with zero attached hydrogens (tertiary/aromatic N) is 4. The molecule has 3 aromatic rings. The molecule has 9 heteroatoms. The third-order valence-electron chi connectivity index (χ3n) is 4.61. The van der Waals surface area contributed by atoms with Gasteiger partial charge >= 0.3 is 0 Å². The van der Waals surface area contributed by atoms with Gasteiger partial charge in [-0.3, -0.25) is 9.89 Å². The molecule has 4 rings (SSSR count). The second kappa shape index (κ2) is 6.32. The Morgan fingerprint density at radius 1 is 1.35 bits per heavy atom. The van der Waals surface area contributed by atoms with Gasteiger partial charge in [-0.15, -0.1) is 5.10 Å². The fourth-order valence-corrected chi connectivity index (χ4v) is 3.19. The minimum Gasteiger partial charge on any atom is -0.348 e. The number of carbonyl (C=O) groups excluding carboxylic acids is 1. The number of carbonyl (C=O) groups is 1. The summed E-state index contributed by atoms with van der Waals surface area (Å²) in [6, 6.07) is 3.39. The van der Waals surface area contributed by atoms with Crippen LogP contribution in [0.4, 0.5) is 8.78 Å². The molecule has 1 aliphatic rings. The molecule has 0 spiro atoms. The van der Waals surface area contributed by atoms with Gasteiger partial charge < -0.3 is 5.32 Å². The molecule has 1 unspecified atom stereocenters. The maximum atomic E-state index is 13.4. The van der Waals surface area contributed by atoms with Crippen molar-refractivity contribution in [2.45, 2.75) is 32.2 Å². The molecule has 2 aromatic heterocycles. The standard InChI is InChI=1S/C17H16F2N6O/c1-9-16(23-24-25(9)12-3-4-13(18)14(19)7-12)17(26)21-11-2-5-15-10(6-11)8-20-22-15/h3-4,7-8,11H,2,5-6H2,1H3,(H,20,22)(H,21,26). The summed E-state index contributed by atoms with van der Waals surface area (Å²) >= 11 is 0. The Morgan fingerprint density at radius 3 is 3.00 bits per heavy atom. The number of fused-ring (bicyclic) bond motifs is 1. The van der Waals surface area contributed by atoms with Gasteiger partial charge in [-0.1, -0.05) is 5.21 Å². The second-order valence-corrected chi connectivity index (χ2v) is 6.32. The number of amides is 1. The number of hydrogen-bond donors (Lipinski definition) is 2. The van der Waals surface area contributed by atoms with Crippen molar-refractivity contribution in [2.75, 3.05) is 0 Å². The quantitative estimate of drug-likeness (QED) is 0.748. The smallest absolute Gasteiger partial charge is 0.273 e. The normalized spacial score (nSPS) is 16.3. The Morgan fingerprint density at radius 2 is 2.19 bits per heavy atom. The monoisotopic (exact) mass is 358 g/mol. The summed E-state index contributed by atoms with van der Waals surface area (Å²) in [5, 5.41) is 17.7. The second-order valence-electron chi connectivity index (χ2n) is 6.32. The highest BCUT2D eigenvalue weighted by Crippen LogP contribution is 2.20. The van der Waals surface area contributed by atoms with Crippen molar-refractivity contribution in [1.82, 2.24) is 30.5 Å². The van der Waals surface area contributed by atoms with Crippen LogP contribution in [0.25, 0.3) is 5.69 Å². The average molecular weight is 358 g/mol. The molecular weight excluding hydrogens is 342 g/mol. The fourth-order valence-electron chi connectivity index (χ4n) is 3.19. The van der Waals surface area contributed by atoms with Crippen LogP contribution in [0.1, 0.15) is 33.9 Å². The van der Waals surface area contributed by atoms with Crippen molar-refractivity contribution in [1.29, 1.82) is 0 Å². The van der Waals surface area contributed by atoms with Gasteiger partial charge in [0.2, 0.25) is 0 Å². The fraction of sp³-hybridized carbons (Fsp3) is 0.294. The molecule has 0 saturated heterocycles. The van der Waals surface area contributed by atoms with E-state index in [4.69, 9.17) is 0 Å². The molecule has 0 fully saturated rings. The number of nitrogens with one attached hydrogen (secondary N) is 2. The molecule has 0 bridgehead atoms. The third-order valence-corrected chi connectivity index (χ3v) is 4.61. The first-order valence-electron chi connectivity index (χ1n) is 8.22. The van der Waals surface area contributed by atoms with Gasteiger partial charge in [-0.2, -0.15) is 5.10 Å². The highest BCUT2D eigenvalue weighted by atomic mass is 19.2. The van der Waals surface area contributed by atoms with Crippen molar-refractivity contribution in [3.63, 3.8) is 0 Å². The summed E-state index contributed by atoms with van der Waals surface area (Å²) in [6.07, 6.45) is 4.10. The zero-order valence-electron chi connectivity index (χ0n) is 14.0. The molecule has 134 valence electrons. The summed E-state index contributed by atoms with van der Waals surface area (Å²) in [5.74, 6) is -2.27. The van der Waals surface area contributed by atoms with Crippen LogP contribution in [-0.2, 0) is 12.8 Å². The molecule has 1 aliphatic carbocycles. The molecule has 0 aliphatic heterocycles. The van der Waals surface area contributed by atoms with Crippen molar-refractivity contribution in [3.05, 3.63) is 58.7 Å². The van der Waals surface area contributed by atoms with E-state index in [9.17, 15) is 13.6 Å². The molecule has 0 radical (unpaired) electrons. The lowest BCUT2D eigenvalue weighted by atomic mass is 9.93. The van der Waals surface area contributed by atoms with Gasteiger partial charge in [0, 0.05) is 17.8 Å². The number of hydrogen-bond acceptors (Lipinski definition) is 4. The van der Waals surface area contributed by atoms with E-state index in [-0.39, 0.29) is 17.6 Å². The maximum Gasteiger partial charge on any atom is 0.273 e. The zero-order chi connectivity index (χ0) is 18.3. The van der Waals surface area contributed by atoms with E-state index in [1.54, 1.807) is 13.1 Å². The minimum absolute atomic E-state index is 0.0135. The SMILES string of the molecule is Cc1c(C(=O)NC2CCc3[nH]ncc3C2)nnn1-c1ccc(F)c(F)c1. The lowest BCUT2D eigenvalue weighted by molar-refractivity contribution is 0.0928. The Balaban J connectivity index is 1.52. The third kappa shape index (κ3) is 2.85. The highest BCUT2D eigenvalue weighted by Gasteiger charge is 2.24. The summed E-state index contributed by atoms with van der Waals surface area (Å²) in [4.78, 5) is 12.6. The van der Waals surface area contributed by atoms with E-state index < -0.39 is 11.6 Å². The first kappa shape index (κ1) is 16.4. The highest BCUT2D eigenvalue weighted by molar-refractivity contribution is 5.93. The van der Waals surface area contributed by atoms with Crippen LogP contribution in [0.3, 0.4) is 0 Å². The van der Waals surface area contributed by atoms with Crippen LogP contribution in [-0.4, -0.2) is 37.1 Å². The van der Waals surface area contributed by atoms with Crippen LogP contribution < -0.4 is 5.32 Å². The van der Waals surface area contributed by atoms with Gasteiger partial charge in [0.25, 0.3) is 5.91 Å². The van der Waals surface area contributed by atoms with Crippen LogP contribution in [0.15, 0.2) is 24.4 Å². The largest absolute Gasteiger partial charge is 0.348 e. The number of H-pyrrole nitrogens is 1. The average Bonchev–Trinajstić information content (AvgIpc) is 3.23. The summed E-state index contributed by atoms with van der Waals surface area (Å²) in [6.45, 7) is 1.66. The van der Waals surface area contributed by atoms with Crippen LogP contribution in [0.5, 0.6) is 0 Å². The first-order chi connectivity index (χ1) is 12.5. The lowest BCUT2D eigenvalue weighted by Crippen LogP contribution is -2.39. The maximum absolute atomic E-state index is 13.4. The predicted octanol–water partition coefficient (Wildman–Crippen LogP) is 1.86. The molecule has 7 nitrogen and oxygen atoms in total. The van der Waals surface area contributed by atoms with Crippen molar-refractivity contribution < 1.29 is 13.6 Å². The summed E-state index contributed by atoms with van der Waals surface area (Å²) in [7, 11) is 0. The van der Waals surface area contributed by atoms with Crippen LogP contribution in [0.2, 0.25) is 0 Å². The Bertz CT molecular complexity index is 980. The number of rotatable bonds is 3. The van der Waals surface area contributed by atoms with Gasteiger partial charge in [0.15, 0.2) is 17.3 Å². The number of benzene rings is 1. The molecule has 0 saturated carbocycles. The van der Waals surface area contributed by atoms with Crippen molar-refractivity contribution in [2.24, 2.45) is 0 Å². The van der Waals surface area contributed by atoms with Gasteiger partial charge in [-0.05, 0) is 43.9 Å². The molecule has 26 heavy (non-hydrogen) atoms. The van der Waals surface area contributed by atoms with E-state index in [0.717, 1.165) is 36.2 Å². The molecule has 1 amide bonds. The molecule has 2 N–H and O–H groups in total. The van der Waals surface area contributed by atoms with Gasteiger partial charge in [0.05, 0.1) is 17.6 Å². The summed E-state index contributed by atoms with van der Waals surface area (Å²) in [5.41, 5.74) is 3.12. The van der Waals surface area contributed by atoms with Gasteiger partial charge in [-0.25, -0.2) is 13.5 Å². The van der Waals surface area contributed by atoms with Crippen molar-refractivity contribution in [3.8, 4) is 5.69 Å². The Hall–Kier alpha value is -3.10. The summed E-state index contributed by atoms with van der Waals surface area (Å²) < 4.78 is 27.9. The number of aromatic nitrogens is 5. The molecule has 2 heterocycles.